The Morgan fingerprint density at radius 3 is 2.87 bits per heavy atom. The SMILES string of the molecule is Fc1ccc(Cn2ncc3cc(O[C@H]4CCNC4)ccc32)cc1. The molecule has 5 heteroatoms. The average Bonchev–Trinajstić information content (AvgIpc) is 3.20. The molecule has 0 saturated carbocycles. The fourth-order valence-corrected chi connectivity index (χ4v) is 2.95. The highest BCUT2D eigenvalue weighted by atomic mass is 19.1. The van der Waals surface area contributed by atoms with Crippen LogP contribution < -0.4 is 10.1 Å². The molecule has 1 aliphatic rings. The minimum Gasteiger partial charge on any atom is -0.489 e. The summed E-state index contributed by atoms with van der Waals surface area (Å²) >= 11 is 0. The van der Waals surface area contributed by atoms with Gasteiger partial charge in [0.1, 0.15) is 17.7 Å². The van der Waals surface area contributed by atoms with Crippen LogP contribution in [0.25, 0.3) is 10.9 Å². The molecule has 2 heterocycles. The maximum atomic E-state index is 13.0. The number of ether oxygens (including phenoxy) is 1. The molecule has 0 amide bonds. The Balaban J connectivity index is 1.55. The van der Waals surface area contributed by atoms with E-state index >= 15 is 0 Å². The molecule has 2 aromatic carbocycles. The van der Waals surface area contributed by atoms with Crippen molar-refractivity contribution >= 4 is 10.9 Å². The summed E-state index contributed by atoms with van der Waals surface area (Å²) < 4.78 is 20.9. The molecule has 0 radical (unpaired) electrons. The molecular weight excluding hydrogens is 293 g/mol. The zero-order valence-electron chi connectivity index (χ0n) is 12.7. The second-order valence-corrected chi connectivity index (χ2v) is 5.88. The third-order valence-electron chi connectivity index (χ3n) is 4.18. The summed E-state index contributed by atoms with van der Waals surface area (Å²) in [5, 5.41) is 8.79. The van der Waals surface area contributed by atoms with E-state index in [-0.39, 0.29) is 11.9 Å². The molecular formula is C18H18FN3O. The quantitative estimate of drug-likeness (QED) is 0.805. The molecule has 1 aliphatic heterocycles. The number of nitrogens with one attached hydrogen (secondary N) is 1. The van der Waals surface area contributed by atoms with Gasteiger partial charge in [-0.05, 0) is 48.9 Å². The highest BCUT2D eigenvalue weighted by Gasteiger charge is 2.16. The first kappa shape index (κ1) is 14.2. The monoisotopic (exact) mass is 311 g/mol. The van der Waals surface area contributed by atoms with E-state index in [0.29, 0.717) is 6.54 Å². The zero-order valence-corrected chi connectivity index (χ0v) is 12.7. The van der Waals surface area contributed by atoms with Crippen molar-refractivity contribution in [2.45, 2.75) is 19.1 Å². The van der Waals surface area contributed by atoms with E-state index in [2.05, 4.69) is 10.4 Å². The molecule has 1 atom stereocenters. The van der Waals surface area contributed by atoms with Crippen molar-refractivity contribution < 1.29 is 9.13 Å². The highest BCUT2D eigenvalue weighted by Crippen LogP contribution is 2.23. The molecule has 3 aromatic rings. The van der Waals surface area contributed by atoms with Gasteiger partial charge in [0.2, 0.25) is 0 Å². The first-order valence-electron chi connectivity index (χ1n) is 7.85. The molecule has 4 nitrogen and oxygen atoms in total. The number of aromatic nitrogens is 2. The predicted octanol–water partition coefficient (Wildman–Crippen LogP) is 2.96. The largest absolute Gasteiger partial charge is 0.489 e. The van der Waals surface area contributed by atoms with Crippen LogP contribution in [-0.2, 0) is 6.54 Å². The molecule has 1 N–H and O–H groups in total. The molecule has 0 aliphatic carbocycles. The molecule has 4 rings (SSSR count). The molecule has 0 spiro atoms. The van der Waals surface area contributed by atoms with E-state index < -0.39 is 0 Å². The molecule has 1 fully saturated rings. The van der Waals surface area contributed by atoms with Crippen LogP contribution in [0.5, 0.6) is 5.75 Å². The van der Waals surface area contributed by atoms with E-state index in [1.54, 1.807) is 12.1 Å². The topological polar surface area (TPSA) is 39.1 Å². The lowest BCUT2D eigenvalue weighted by Gasteiger charge is -2.12. The third kappa shape index (κ3) is 3.05. The Kier molecular flexibility index (Phi) is 3.71. The maximum absolute atomic E-state index is 13.0. The first-order chi connectivity index (χ1) is 11.3. The molecule has 0 bridgehead atoms. The predicted molar refractivity (Wildman–Crippen MR) is 87.1 cm³/mol. The van der Waals surface area contributed by atoms with E-state index in [9.17, 15) is 4.39 Å². The molecule has 0 unspecified atom stereocenters. The summed E-state index contributed by atoms with van der Waals surface area (Å²) in [4.78, 5) is 0. The van der Waals surface area contributed by atoms with Gasteiger partial charge in [-0.25, -0.2) is 4.39 Å². The van der Waals surface area contributed by atoms with E-state index in [1.807, 2.05) is 29.1 Å². The average molecular weight is 311 g/mol. The number of hydrogen-bond acceptors (Lipinski definition) is 3. The van der Waals surface area contributed by atoms with Crippen molar-refractivity contribution in [2.75, 3.05) is 13.1 Å². The minimum atomic E-state index is -0.220. The van der Waals surface area contributed by atoms with Crippen LogP contribution >= 0.6 is 0 Å². The Morgan fingerprint density at radius 2 is 2.09 bits per heavy atom. The van der Waals surface area contributed by atoms with Gasteiger partial charge < -0.3 is 10.1 Å². The van der Waals surface area contributed by atoms with Crippen LogP contribution in [0.3, 0.4) is 0 Å². The lowest BCUT2D eigenvalue weighted by molar-refractivity contribution is 0.223. The van der Waals surface area contributed by atoms with Gasteiger partial charge in [0, 0.05) is 11.9 Å². The van der Waals surface area contributed by atoms with Gasteiger partial charge in [0.25, 0.3) is 0 Å². The number of benzene rings is 2. The lowest BCUT2D eigenvalue weighted by atomic mass is 10.2. The van der Waals surface area contributed by atoms with Crippen molar-refractivity contribution in [3.63, 3.8) is 0 Å². The summed E-state index contributed by atoms with van der Waals surface area (Å²) in [6, 6.07) is 12.6. The smallest absolute Gasteiger partial charge is 0.123 e. The molecule has 1 saturated heterocycles. The number of halogens is 1. The standard InChI is InChI=1S/C18H18FN3O/c19-15-3-1-13(2-4-15)12-22-18-6-5-16(9-14(18)10-21-22)23-17-7-8-20-11-17/h1-6,9-10,17,20H,7-8,11-12H2/t17-/m0/s1. The number of nitrogens with zero attached hydrogens (tertiary/aromatic N) is 2. The number of rotatable bonds is 4. The normalized spacial score (nSPS) is 17.7. The van der Waals surface area contributed by atoms with Crippen LogP contribution in [0.4, 0.5) is 4.39 Å². The summed E-state index contributed by atoms with van der Waals surface area (Å²) in [6.45, 7) is 2.54. The molecule has 1 aromatic heterocycles. The lowest BCUT2D eigenvalue weighted by Crippen LogP contribution is -2.19. The molecule has 118 valence electrons. The maximum Gasteiger partial charge on any atom is 0.123 e. The van der Waals surface area contributed by atoms with Crippen LogP contribution in [-0.4, -0.2) is 29.0 Å². The second-order valence-electron chi connectivity index (χ2n) is 5.88. The van der Waals surface area contributed by atoms with Gasteiger partial charge >= 0.3 is 0 Å². The summed E-state index contributed by atoms with van der Waals surface area (Å²) in [7, 11) is 0. The van der Waals surface area contributed by atoms with E-state index in [0.717, 1.165) is 41.7 Å². The van der Waals surface area contributed by atoms with Gasteiger partial charge in [-0.1, -0.05) is 12.1 Å². The minimum absolute atomic E-state index is 0.220. The molecule has 23 heavy (non-hydrogen) atoms. The van der Waals surface area contributed by atoms with Gasteiger partial charge in [0.15, 0.2) is 0 Å². The fourth-order valence-electron chi connectivity index (χ4n) is 2.95. The van der Waals surface area contributed by atoms with E-state index in [4.69, 9.17) is 4.74 Å². The summed E-state index contributed by atoms with van der Waals surface area (Å²) in [5.41, 5.74) is 2.07. The van der Waals surface area contributed by atoms with E-state index in [1.165, 1.54) is 12.1 Å². The van der Waals surface area contributed by atoms with Crippen molar-refractivity contribution in [3.8, 4) is 5.75 Å². The Hall–Kier alpha value is -2.40. The summed E-state index contributed by atoms with van der Waals surface area (Å²) in [5.74, 6) is 0.662. The van der Waals surface area contributed by atoms with Crippen molar-refractivity contribution in [2.24, 2.45) is 0 Å². The fraction of sp³-hybridized carbons (Fsp3) is 0.278. The number of fused-ring (bicyclic) bond motifs is 1. The number of hydrogen-bond donors (Lipinski definition) is 1. The van der Waals surface area contributed by atoms with Crippen molar-refractivity contribution in [1.82, 2.24) is 15.1 Å². The van der Waals surface area contributed by atoms with Crippen LogP contribution in [0.1, 0.15) is 12.0 Å². The summed E-state index contributed by atoms with van der Waals surface area (Å²) in [6.07, 6.45) is 3.14. The van der Waals surface area contributed by atoms with Crippen molar-refractivity contribution in [3.05, 3.63) is 60.0 Å². The highest BCUT2D eigenvalue weighted by molar-refractivity contribution is 5.80. The third-order valence-corrected chi connectivity index (χ3v) is 4.18. The van der Waals surface area contributed by atoms with Gasteiger partial charge in [-0.15, -0.1) is 0 Å². The Morgan fingerprint density at radius 1 is 1.22 bits per heavy atom. The second kappa shape index (κ2) is 6.01. The first-order valence-corrected chi connectivity index (χ1v) is 7.85. The van der Waals surface area contributed by atoms with Crippen LogP contribution in [0.2, 0.25) is 0 Å². The van der Waals surface area contributed by atoms with Gasteiger partial charge in [0.05, 0.1) is 18.3 Å². The van der Waals surface area contributed by atoms with Gasteiger partial charge in [-0.2, -0.15) is 5.10 Å². The van der Waals surface area contributed by atoms with Gasteiger partial charge in [-0.3, -0.25) is 4.68 Å². The zero-order chi connectivity index (χ0) is 15.6. The Labute approximate surface area is 133 Å². The Bertz CT molecular complexity index is 807. The van der Waals surface area contributed by atoms with Crippen LogP contribution in [0.15, 0.2) is 48.7 Å². The van der Waals surface area contributed by atoms with Crippen molar-refractivity contribution in [1.29, 1.82) is 0 Å². The van der Waals surface area contributed by atoms with Crippen LogP contribution in [0, 0.1) is 5.82 Å².